The first-order chi connectivity index (χ1) is 17.8. The van der Waals surface area contributed by atoms with Gasteiger partial charge in [0, 0.05) is 25.6 Å². The number of aryl methyl sites for hydroxylation is 2. The second kappa shape index (κ2) is 15.7. The summed E-state index contributed by atoms with van der Waals surface area (Å²) in [6, 6.07) is 18.7. The molecular weight excluding hydrogens is 472 g/mol. The minimum atomic E-state index is -0.250. The van der Waals surface area contributed by atoms with Gasteiger partial charge in [0.1, 0.15) is 0 Å². The molecule has 2 amide bonds. The molecule has 196 valence electrons. The molecule has 0 aliphatic rings. The molecule has 9 nitrogen and oxygen atoms in total. The first kappa shape index (κ1) is 29.0. The number of ether oxygens (including phenoxy) is 1. The zero-order valence-corrected chi connectivity index (χ0v) is 21.5. The molecule has 0 saturated carbocycles. The van der Waals surface area contributed by atoms with Gasteiger partial charge < -0.3 is 15.4 Å². The number of hydrogen-bond acceptors (Lipinski definition) is 6. The van der Waals surface area contributed by atoms with Crippen LogP contribution in [0.1, 0.15) is 41.3 Å². The Morgan fingerprint density at radius 2 is 1.73 bits per heavy atom. The Kier molecular flexibility index (Phi) is 12.3. The van der Waals surface area contributed by atoms with Crippen molar-refractivity contribution in [1.29, 1.82) is 0 Å². The van der Waals surface area contributed by atoms with Crippen LogP contribution >= 0.6 is 0 Å². The SMILES string of the molecule is CCOC(=O)Cc1cccc(Cn2nc(C)ccc2=O)c1.Cc1ccc(CNC(=O)CCNC=O)cc1. The number of benzene rings is 2. The monoisotopic (exact) mass is 506 g/mol. The van der Waals surface area contributed by atoms with Gasteiger partial charge in [-0.1, -0.05) is 54.1 Å². The molecular formula is C28H34N4O5. The fraction of sp³-hybridized carbons (Fsp3) is 0.321. The molecule has 0 saturated heterocycles. The van der Waals surface area contributed by atoms with E-state index in [4.69, 9.17) is 4.74 Å². The van der Waals surface area contributed by atoms with Crippen molar-refractivity contribution in [3.63, 3.8) is 0 Å². The number of carbonyl (C=O) groups is 3. The van der Waals surface area contributed by atoms with Crippen molar-refractivity contribution < 1.29 is 19.1 Å². The third-order valence-corrected chi connectivity index (χ3v) is 5.17. The lowest BCUT2D eigenvalue weighted by molar-refractivity contribution is -0.142. The molecule has 9 heteroatoms. The second-order valence-electron chi connectivity index (χ2n) is 8.36. The molecule has 0 unspecified atom stereocenters. The van der Waals surface area contributed by atoms with E-state index >= 15 is 0 Å². The molecule has 1 heterocycles. The van der Waals surface area contributed by atoms with Crippen LogP contribution in [0.3, 0.4) is 0 Å². The van der Waals surface area contributed by atoms with E-state index in [9.17, 15) is 19.2 Å². The minimum absolute atomic E-state index is 0.0603. The molecule has 3 rings (SSSR count). The Hall–Kier alpha value is -4.27. The van der Waals surface area contributed by atoms with Crippen molar-refractivity contribution in [3.05, 3.63) is 99.0 Å². The number of nitrogens with zero attached hydrogens (tertiary/aromatic N) is 2. The van der Waals surface area contributed by atoms with Gasteiger partial charge in [-0.2, -0.15) is 5.10 Å². The van der Waals surface area contributed by atoms with Crippen LogP contribution in [-0.2, 0) is 38.6 Å². The number of hydrogen-bond donors (Lipinski definition) is 2. The van der Waals surface area contributed by atoms with Gasteiger partial charge in [-0.25, -0.2) is 4.68 Å². The Balaban J connectivity index is 0.000000271. The maximum Gasteiger partial charge on any atom is 0.310 e. The van der Waals surface area contributed by atoms with Crippen LogP contribution in [0, 0.1) is 13.8 Å². The summed E-state index contributed by atoms with van der Waals surface area (Å²) in [5.74, 6) is -0.310. The van der Waals surface area contributed by atoms with E-state index in [1.165, 1.54) is 16.3 Å². The molecule has 0 atom stereocenters. The van der Waals surface area contributed by atoms with Crippen molar-refractivity contribution >= 4 is 18.3 Å². The first-order valence-electron chi connectivity index (χ1n) is 12.1. The highest BCUT2D eigenvalue weighted by Crippen LogP contribution is 2.08. The minimum Gasteiger partial charge on any atom is -0.466 e. The topological polar surface area (TPSA) is 119 Å². The van der Waals surface area contributed by atoms with E-state index in [1.54, 1.807) is 13.0 Å². The maximum absolute atomic E-state index is 11.7. The zero-order valence-electron chi connectivity index (χ0n) is 21.5. The van der Waals surface area contributed by atoms with Crippen LogP contribution in [-0.4, -0.2) is 41.2 Å². The van der Waals surface area contributed by atoms with Crippen molar-refractivity contribution in [3.8, 4) is 0 Å². The van der Waals surface area contributed by atoms with Crippen molar-refractivity contribution in [1.82, 2.24) is 20.4 Å². The fourth-order valence-corrected chi connectivity index (χ4v) is 3.29. The highest BCUT2D eigenvalue weighted by molar-refractivity contribution is 5.76. The smallest absolute Gasteiger partial charge is 0.310 e. The number of nitrogens with one attached hydrogen (secondary N) is 2. The van der Waals surface area contributed by atoms with Crippen LogP contribution in [0.4, 0.5) is 0 Å². The average molecular weight is 507 g/mol. The number of amides is 2. The summed E-state index contributed by atoms with van der Waals surface area (Å²) in [5, 5.41) is 9.43. The van der Waals surface area contributed by atoms with Crippen LogP contribution in [0.2, 0.25) is 0 Å². The number of carbonyl (C=O) groups excluding carboxylic acids is 3. The molecule has 1 aromatic heterocycles. The Bertz CT molecular complexity index is 1220. The van der Waals surface area contributed by atoms with Gasteiger partial charge in [-0.15, -0.1) is 0 Å². The lowest BCUT2D eigenvalue weighted by Gasteiger charge is -2.07. The van der Waals surface area contributed by atoms with Crippen LogP contribution < -0.4 is 16.2 Å². The summed E-state index contributed by atoms with van der Waals surface area (Å²) in [7, 11) is 0. The van der Waals surface area contributed by atoms with E-state index in [2.05, 4.69) is 15.7 Å². The van der Waals surface area contributed by atoms with E-state index in [0.717, 1.165) is 22.4 Å². The number of rotatable bonds is 11. The van der Waals surface area contributed by atoms with Crippen molar-refractivity contribution in [2.75, 3.05) is 13.2 Å². The highest BCUT2D eigenvalue weighted by Gasteiger charge is 2.06. The van der Waals surface area contributed by atoms with Gasteiger partial charge in [0.15, 0.2) is 0 Å². The van der Waals surface area contributed by atoms with Gasteiger partial charge in [0.25, 0.3) is 5.56 Å². The normalized spacial score (nSPS) is 10.0. The van der Waals surface area contributed by atoms with E-state index in [0.29, 0.717) is 39.1 Å². The Morgan fingerprint density at radius 3 is 2.43 bits per heavy atom. The summed E-state index contributed by atoms with van der Waals surface area (Å²) >= 11 is 0. The third-order valence-electron chi connectivity index (χ3n) is 5.17. The summed E-state index contributed by atoms with van der Waals surface area (Å²) < 4.78 is 6.35. The van der Waals surface area contributed by atoms with Crippen molar-refractivity contribution in [2.45, 2.75) is 46.7 Å². The molecule has 0 radical (unpaired) electrons. The van der Waals surface area contributed by atoms with Crippen molar-refractivity contribution in [2.24, 2.45) is 0 Å². The molecule has 37 heavy (non-hydrogen) atoms. The molecule has 0 spiro atoms. The molecule has 0 aliphatic carbocycles. The summed E-state index contributed by atoms with van der Waals surface area (Å²) in [6.45, 7) is 7.31. The average Bonchev–Trinajstić information content (AvgIpc) is 2.87. The second-order valence-corrected chi connectivity index (χ2v) is 8.36. The highest BCUT2D eigenvalue weighted by atomic mass is 16.5. The lowest BCUT2D eigenvalue weighted by Crippen LogP contribution is -2.26. The fourth-order valence-electron chi connectivity index (χ4n) is 3.29. The van der Waals surface area contributed by atoms with E-state index in [-0.39, 0.29) is 23.9 Å². The van der Waals surface area contributed by atoms with E-state index < -0.39 is 0 Å². The van der Waals surface area contributed by atoms with Gasteiger partial charge in [-0.05, 0) is 43.5 Å². The molecule has 3 aromatic rings. The summed E-state index contributed by atoms with van der Waals surface area (Å²) in [4.78, 5) is 44.5. The van der Waals surface area contributed by atoms with Gasteiger partial charge in [0.2, 0.25) is 12.3 Å². The molecule has 0 fully saturated rings. The first-order valence-corrected chi connectivity index (χ1v) is 12.1. The molecule has 2 N–H and O–H groups in total. The largest absolute Gasteiger partial charge is 0.466 e. The van der Waals surface area contributed by atoms with Gasteiger partial charge in [0.05, 0.1) is 25.3 Å². The quantitative estimate of drug-likeness (QED) is 0.234. The predicted molar refractivity (Wildman–Crippen MR) is 141 cm³/mol. The molecule has 2 aromatic carbocycles. The van der Waals surface area contributed by atoms with Gasteiger partial charge in [-0.3, -0.25) is 19.2 Å². The molecule has 0 aliphatic heterocycles. The summed E-state index contributed by atoms with van der Waals surface area (Å²) in [6.07, 6.45) is 1.13. The zero-order chi connectivity index (χ0) is 27.0. The van der Waals surface area contributed by atoms with E-state index in [1.807, 2.05) is 62.4 Å². The Labute approximate surface area is 216 Å². The Morgan fingerprint density at radius 1 is 1.00 bits per heavy atom. The predicted octanol–water partition coefficient (Wildman–Crippen LogP) is 2.45. The lowest BCUT2D eigenvalue weighted by atomic mass is 10.1. The molecule has 0 bridgehead atoms. The number of esters is 1. The van der Waals surface area contributed by atoms with Gasteiger partial charge >= 0.3 is 5.97 Å². The van der Waals surface area contributed by atoms with Crippen LogP contribution in [0.5, 0.6) is 0 Å². The third kappa shape index (κ3) is 11.3. The maximum atomic E-state index is 11.7. The number of aromatic nitrogens is 2. The van der Waals surface area contributed by atoms with Crippen LogP contribution in [0.15, 0.2) is 65.5 Å². The summed E-state index contributed by atoms with van der Waals surface area (Å²) in [5.41, 5.74) is 4.71. The standard InChI is InChI=1S/C16H18N2O3.C12H16N2O2/c1-3-21-16(20)10-13-5-4-6-14(9-13)11-18-15(19)8-7-12(2)17-18;1-10-2-4-11(5-3-10)8-14-12(16)6-7-13-9-15/h4-9H,3,10-11H2,1-2H3;2-5,9H,6-8H2,1H3,(H,13,15)(H,14,16). The van der Waals surface area contributed by atoms with Crippen LogP contribution in [0.25, 0.3) is 0 Å².